The van der Waals surface area contributed by atoms with Gasteiger partial charge in [-0.2, -0.15) is 0 Å². The van der Waals surface area contributed by atoms with E-state index < -0.39 is 0 Å². The average Bonchev–Trinajstić information content (AvgIpc) is 2.86. The lowest BCUT2D eigenvalue weighted by Gasteiger charge is -2.23. The summed E-state index contributed by atoms with van der Waals surface area (Å²) >= 11 is 1.65. The number of nitrogens with one attached hydrogen (secondary N) is 1. The normalized spacial score (nSPS) is 28.5. The minimum absolute atomic E-state index is 0.212. The summed E-state index contributed by atoms with van der Waals surface area (Å²) in [4.78, 5) is 18.6. The maximum absolute atomic E-state index is 12.2. The van der Waals surface area contributed by atoms with Gasteiger partial charge in [-0.15, -0.1) is 11.3 Å². The van der Waals surface area contributed by atoms with Crippen molar-refractivity contribution in [3.05, 3.63) is 16.1 Å². The number of hydrogen-bond acceptors (Lipinski definition) is 4. The molecule has 2 aliphatic heterocycles. The van der Waals surface area contributed by atoms with Crippen LogP contribution in [-0.2, 0) is 11.3 Å². The number of carbonyl (C=O) groups excluding carboxylic acids is 1. The Morgan fingerprint density at radius 3 is 3.24 bits per heavy atom. The van der Waals surface area contributed by atoms with Crippen molar-refractivity contribution in [3.63, 3.8) is 0 Å². The van der Waals surface area contributed by atoms with Crippen molar-refractivity contribution in [3.8, 4) is 0 Å². The number of amides is 1. The molecule has 0 spiro atoms. The smallest absolute Gasteiger partial charge is 0.227 e. The number of carbonyl (C=O) groups is 1. The Balaban J connectivity index is 1.70. The van der Waals surface area contributed by atoms with Crippen LogP contribution in [0, 0.1) is 12.8 Å². The first kappa shape index (κ1) is 11.2. The van der Waals surface area contributed by atoms with Crippen molar-refractivity contribution in [2.75, 3.05) is 13.1 Å². The molecular weight excluding hydrogens is 234 g/mol. The van der Waals surface area contributed by atoms with Gasteiger partial charge in [-0.05, 0) is 26.3 Å². The molecule has 2 atom stereocenters. The molecule has 2 unspecified atom stereocenters. The lowest BCUT2D eigenvalue weighted by molar-refractivity contribution is -0.132. The molecule has 0 aliphatic carbocycles. The number of aryl methyl sites for hydroxylation is 1. The zero-order valence-electron chi connectivity index (χ0n) is 9.98. The quantitative estimate of drug-likeness (QED) is 0.858. The Morgan fingerprint density at radius 1 is 1.65 bits per heavy atom. The van der Waals surface area contributed by atoms with E-state index in [9.17, 15) is 4.79 Å². The molecule has 3 heterocycles. The van der Waals surface area contributed by atoms with Gasteiger partial charge in [0.2, 0.25) is 5.91 Å². The van der Waals surface area contributed by atoms with Crippen LogP contribution in [0.2, 0.25) is 0 Å². The van der Waals surface area contributed by atoms with Crippen LogP contribution < -0.4 is 5.32 Å². The molecule has 1 amide bonds. The van der Waals surface area contributed by atoms with Crippen LogP contribution in [0.15, 0.2) is 5.38 Å². The van der Waals surface area contributed by atoms with Gasteiger partial charge in [-0.1, -0.05) is 0 Å². The number of piperidine rings is 1. The van der Waals surface area contributed by atoms with Gasteiger partial charge in [0.1, 0.15) is 0 Å². The molecule has 0 bridgehead atoms. The van der Waals surface area contributed by atoms with Crippen LogP contribution in [0.3, 0.4) is 0 Å². The molecule has 1 aromatic rings. The minimum Gasteiger partial charge on any atom is -0.335 e. The molecule has 4 nitrogen and oxygen atoms in total. The van der Waals surface area contributed by atoms with E-state index in [1.807, 2.05) is 11.8 Å². The summed E-state index contributed by atoms with van der Waals surface area (Å²) in [7, 11) is 0. The van der Waals surface area contributed by atoms with Crippen molar-refractivity contribution >= 4 is 17.2 Å². The third kappa shape index (κ3) is 2.09. The van der Waals surface area contributed by atoms with Crippen molar-refractivity contribution < 1.29 is 4.79 Å². The number of fused-ring (bicyclic) bond motifs is 1. The lowest BCUT2D eigenvalue weighted by Crippen LogP contribution is -2.41. The van der Waals surface area contributed by atoms with Crippen LogP contribution in [0.1, 0.15) is 23.5 Å². The molecule has 2 aliphatic rings. The summed E-state index contributed by atoms with van der Waals surface area (Å²) in [6.45, 7) is 4.58. The van der Waals surface area contributed by atoms with Gasteiger partial charge < -0.3 is 10.2 Å². The second kappa shape index (κ2) is 4.38. The topological polar surface area (TPSA) is 45.2 Å². The van der Waals surface area contributed by atoms with E-state index in [0.717, 1.165) is 36.6 Å². The highest BCUT2D eigenvalue weighted by Gasteiger charge is 2.41. The molecule has 1 aromatic heterocycles. The lowest BCUT2D eigenvalue weighted by atomic mass is 9.94. The summed E-state index contributed by atoms with van der Waals surface area (Å²) in [5.41, 5.74) is 1.03. The molecule has 0 radical (unpaired) electrons. The van der Waals surface area contributed by atoms with Crippen LogP contribution in [0.4, 0.5) is 0 Å². The van der Waals surface area contributed by atoms with Gasteiger partial charge in [0.05, 0.1) is 23.2 Å². The average molecular weight is 251 g/mol. The van der Waals surface area contributed by atoms with Gasteiger partial charge in [-0.3, -0.25) is 4.79 Å². The number of nitrogens with zero attached hydrogens (tertiary/aromatic N) is 2. The zero-order valence-corrected chi connectivity index (χ0v) is 10.8. The fourth-order valence-electron chi connectivity index (χ4n) is 2.82. The van der Waals surface area contributed by atoms with Crippen LogP contribution >= 0.6 is 11.3 Å². The monoisotopic (exact) mass is 251 g/mol. The van der Waals surface area contributed by atoms with Gasteiger partial charge in [-0.25, -0.2) is 4.98 Å². The SMILES string of the molecule is Cc1nc(CN2CC3NCCCC3C2=O)cs1. The number of likely N-dealkylation sites (tertiary alicyclic amines) is 1. The zero-order chi connectivity index (χ0) is 11.8. The molecular formula is C12H17N3OS. The Morgan fingerprint density at radius 2 is 2.53 bits per heavy atom. The Bertz CT molecular complexity index is 431. The van der Waals surface area contributed by atoms with Gasteiger partial charge in [0, 0.05) is 18.0 Å². The van der Waals surface area contributed by atoms with E-state index in [2.05, 4.69) is 15.7 Å². The van der Waals surface area contributed by atoms with Crippen molar-refractivity contribution in [1.82, 2.24) is 15.2 Å². The third-order valence-electron chi connectivity index (χ3n) is 3.65. The second-order valence-electron chi connectivity index (χ2n) is 4.89. The summed E-state index contributed by atoms with van der Waals surface area (Å²) in [5.74, 6) is 0.524. The predicted octanol–water partition coefficient (Wildman–Crippen LogP) is 1.16. The minimum atomic E-state index is 0.212. The van der Waals surface area contributed by atoms with E-state index >= 15 is 0 Å². The highest BCUT2D eigenvalue weighted by atomic mass is 32.1. The fourth-order valence-corrected chi connectivity index (χ4v) is 3.42. The molecule has 0 aromatic carbocycles. The molecule has 0 saturated carbocycles. The van der Waals surface area contributed by atoms with E-state index in [1.165, 1.54) is 0 Å². The summed E-state index contributed by atoms with van der Waals surface area (Å²) in [6.07, 6.45) is 2.17. The second-order valence-corrected chi connectivity index (χ2v) is 5.95. The van der Waals surface area contributed by atoms with Gasteiger partial charge in [0.25, 0.3) is 0 Å². The Labute approximate surface area is 105 Å². The van der Waals surface area contributed by atoms with Crippen molar-refractivity contribution in [2.24, 2.45) is 5.92 Å². The van der Waals surface area contributed by atoms with E-state index in [-0.39, 0.29) is 5.92 Å². The standard InChI is InChI=1S/C12H17N3OS/c1-8-14-9(7-17-8)5-15-6-11-10(12(15)16)3-2-4-13-11/h7,10-11,13H,2-6H2,1H3. The Hall–Kier alpha value is -0.940. The number of hydrogen-bond donors (Lipinski definition) is 1. The molecule has 17 heavy (non-hydrogen) atoms. The largest absolute Gasteiger partial charge is 0.335 e. The number of rotatable bonds is 2. The third-order valence-corrected chi connectivity index (χ3v) is 4.47. The van der Waals surface area contributed by atoms with Crippen LogP contribution in [-0.4, -0.2) is 34.9 Å². The van der Waals surface area contributed by atoms with Crippen LogP contribution in [0.25, 0.3) is 0 Å². The first-order chi connectivity index (χ1) is 8.24. The van der Waals surface area contributed by atoms with E-state index in [1.54, 1.807) is 11.3 Å². The number of thiazole rings is 1. The summed E-state index contributed by atoms with van der Waals surface area (Å²) < 4.78 is 0. The maximum atomic E-state index is 12.2. The molecule has 2 fully saturated rings. The van der Waals surface area contributed by atoms with Crippen molar-refractivity contribution in [2.45, 2.75) is 32.4 Å². The van der Waals surface area contributed by atoms with E-state index in [4.69, 9.17) is 0 Å². The van der Waals surface area contributed by atoms with E-state index in [0.29, 0.717) is 18.5 Å². The van der Waals surface area contributed by atoms with Gasteiger partial charge >= 0.3 is 0 Å². The number of aromatic nitrogens is 1. The molecule has 92 valence electrons. The predicted molar refractivity (Wildman–Crippen MR) is 66.8 cm³/mol. The Kier molecular flexibility index (Phi) is 2.88. The van der Waals surface area contributed by atoms with Crippen LogP contribution in [0.5, 0.6) is 0 Å². The first-order valence-corrected chi connectivity index (χ1v) is 7.05. The highest BCUT2D eigenvalue weighted by molar-refractivity contribution is 7.09. The molecule has 3 rings (SSSR count). The molecule has 5 heteroatoms. The molecule has 2 saturated heterocycles. The molecule has 1 N–H and O–H groups in total. The van der Waals surface area contributed by atoms with Gasteiger partial charge in [0.15, 0.2) is 0 Å². The summed E-state index contributed by atoms with van der Waals surface area (Å²) in [6, 6.07) is 0.371. The highest BCUT2D eigenvalue weighted by Crippen LogP contribution is 2.27. The summed E-state index contributed by atoms with van der Waals surface area (Å²) in [5, 5.41) is 6.58. The maximum Gasteiger partial charge on any atom is 0.227 e. The van der Waals surface area contributed by atoms with Crippen molar-refractivity contribution in [1.29, 1.82) is 0 Å². The fraction of sp³-hybridized carbons (Fsp3) is 0.667. The first-order valence-electron chi connectivity index (χ1n) is 6.17.